The van der Waals surface area contributed by atoms with Crippen molar-refractivity contribution >= 4 is 12.2 Å². The second kappa shape index (κ2) is 4.23. The molecule has 0 saturated heterocycles. The maximum Gasteiger partial charge on any atom is 0.152 e. The van der Waals surface area contributed by atoms with Gasteiger partial charge in [-0.15, -0.1) is 0 Å². The van der Waals surface area contributed by atoms with E-state index in [1.165, 1.54) is 0 Å². The molecular weight excluding hydrogens is 246 g/mol. The van der Waals surface area contributed by atoms with Crippen LogP contribution in [0, 0.1) is 4.64 Å². The van der Waals surface area contributed by atoms with Crippen molar-refractivity contribution in [3.05, 3.63) is 47.4 Å². The molecule has 0 aliphatic carbocycles. The summed E-state index contributed by atoms with van der Waals surface area (Å²) in [6.45, 7) is 0. The van der Waals surface area contributed by atoms with E-state index < -0.39 is 0 Å². The summed E-state index contributed by atoms with van der Waals surface area (Å²) in [7, 11) is 1.89. The highest BCUT2D eigenvalue weighted by Crippen LogP contribution is 2.17. The molecule has 0 spiro atoms. The molecule has 0 atom stereocenters. The van der Waals surface area contributed by atoms with Crippen LogP contribution in [0.15, 0.2) is 42.7 Å². The van der Waals surface area contributed by atoms with Gasteiger partial charge in [-0.2, -0.15) is 5.10 Å². The number of hydrogen-bond acceptors (Lipinski definition) is 3. The Morgan fingerprint density at radius 1 is 1.22 bits per heavy atom. The van der Waals surface area contributed by atoms with E-state index in [1.54, 1.807) is 21.8 Å². The molecular formula is C12H11N5S. The van der Waals surface area contributed by atoms with Crippen LogP contribution in [0.5, 0.6) is 0 Å². The Labute approximate surface area is 109 Å². The number of nitrogens with one attached hydrogen (secondary N) is 1. The zero-order chi connectivity index (χ0) is 12.5. The zero-order valence-electron chi connectivity index (χ0n) is 9.74. The molecule has 0 amide bonds. The second-order valence-electron chi connectivity index (χ2n) is 3.87. The van der Waals surface area contributed by atoms with Crippen molar-refractivity contribution in [3.8, 4) is 17.2 Å². The van der Waals surface area contributed by atoms with E-state index in [9.17, 15) is 0 Å². The van der Waals surface area contributed by atoms with Crippen LogP contribution >= 0.6 is 12.2 Å². The maximum atomic E-state index is 5.33. The van der Waals surface area contributed by atoms with Gasteiger partial charge < -0.3 is 0 Å². The van der Waals surface area contributed by atoms with Gasteiger partial charge in [0.25, 0.3) is 0 Å². The van der Waals surface area contributed by atoms with Crippen LogP contribution in [-0.4, -0.2) is 24.5 Å². The summed E-state index contributed by atoms with van der Waals surface area (Å²) in [6.07, 6.45) is 3.49. The minimum atomic E-state index is 0.685. The first-order valence-corrected chi connectivity index (χ1v) is 5.88. The fourth-order valence-electron chi connectivity index (χ4n) is 1.82. The van der Waals surface area contributed by atoms with E-state index in [0.29, 0.717) is 4.64 Å². The van der Waals surface area contributed by atoms with Crippen molar-refractivity contribution in [2.24, 2.45) is 7.05 Å². The van der Waals surface area contributed by atoms with Gasteiger partial charge in [0, 0.05) is 25.5 Å². The molecule has 0 saturated carbocycles. The third kappa shape index (κ3) is 1.76. The predicted molar refractivity (Wildman–Crippen MR) is 71.0 cm³/mol. The molecule has 0 radical (unpaired) electrons. The standard InChI is InChI=1S/C12H11N5S/c1-16-10(5-7-14-16)9-8-12(18)17(15-9)11-4-2-3-6-13-11/h2-8,15H,1H3. The molecule has 3 aromatic rings. The highest BCUT2D eigenvalue weighted by Gasteiger charge is 2.07. The molecule has 90 valence electrons. The van der Waals surface area contributed by atoms with Crippen LogP contribution < -0.4 is 0 Å². The van der Waals surface area contributed by atoms with Crippen LogP contribution in [0.4, 0.5) is 0 Å². The molecule has 0 aliphatic rings. The van der Waals surface area contributed by atoms with Gasteiger partial charge in [0.15, 0.2) is 5.82 Å². The van der Waals surface area contributed by atoms with Gasteiger partial charge in [0.2, 0.25) is 0 Å². The Hall–Kier alpha value is -2.21. The second-order valence-corrected chi connectivity index (χ2v) is 4.29. The zero-order valence-corrected chi connectivity index (χ0v) is 10.6. The predicted octanol–water partition coefficient (Wildman–Crippen LogP) is 2.33. The first-order chi connectivity index (χ1) is 8.75. The summed E-state index contributed by atoms with van der Waals surface area (Å²) < 4.78 is 4.26. The highest BCUT2D eigenvalue weighted by molar-refractivity contribution is 7.71. The molecule has 0 bridgehead atoms. The van der Waals surface area contributed by atoms with Crippen molar-refractivity contribution in [1.82, 2.24) is 24.5 Å². The fraction of sp³-hybridized carbons (Fsp3) is 0.0833. The summed E-state index contributed by atoms with van der Waals surface area (Å²) in [5.41, 5.74) is 1.90. The van der Waals surface area contributed by atoms with E-state index in [4.69, 9.17) is 12.2 Å². The Balaban J connectivity index is 2.13. The van der Waals surface area contributed by atoms with Crippen LogP contribution in [0.2, 0.25) is 0 Å². The normalized spacial score (nSPS) is 10.7. The lowest BCUT2D eigenvalue weighted by Crippen LogP contribution is -1.99. The first kappa shape index (κ1) is 10.9. The Morgan fingerprint density at radius 2 is 2.11 bits per heavy atom. The van der Waals surface area contributed by atoms with Crippen LogP contribution in [0.3, 0.4) is 0 Å². The third-order valence-electron chi connectivity index (χ3n) is 2.70. The number of aromatic nitrogens is 5. The van der Waals surface area contributed by atoms with Crippen molar-refractivity contribution in [2.75, 3.05) is 0 Å². The van der Waals surface area contributed by atoms with E-state index in [0.717, 1.165) is 17.2 Å². The van der Waals surface area contributed by atoms with E-state index in [1.807, 2.05) is 37.4 Å². The molecule has 5 nitrogen and oxygen atoms in total. The third-order valence-corrected chi connectivity index (χ3v) is 3.00. The maximum absolute atomic E-state index is 5.33. The van der Waals surface area contributed by atoms with E-state index >= 15 is 0 Å². The molecule has 0 fully saturated rings. The minimum Gasteiger partial charge on any atom is -0.289 e. The number of aromatic amines is 1. The number of pyridine rings is 1. The first-order valence-electron chi connectivity index (χ1n) is 5.47. The Bertz CT molecular complexity index is 722. The molecule has 0 aliphatic heterocycles. The van der Waals surface area contributed by atoms with Crippen molar-refractivity contribution in [2.45, 2.75) is 0 Å². The van der Waals surface area contributed by atoms with Crippen LogP contribution in [-0.2, 0) is 7.05 Å². The Kier molecular flexibility index (Phi) is 2.56. The average Bonchev–Trinajstić information content (AvgIpc) is 2.96. The summed E-state index contributed by atoms with van der Waals surface area (Å²) in [4.78, 5) is 4.27. The van der Waals surface area contributed by atoms with Gasteiger partial charge in [-0.05, 0) is 18.2 Å². The lowest BCUT2D eigenvalue weighted by molar-refractivity contribution is 0.767. The summed E-state index contributed by atoms with van der Waals surface area (Å²) >= 11 is 5.33. The molecule has 1 N–H and O–H groups in total. The average molecular weight is 257 g/mol. The molecule has 6 heteroatoms. The van der Waals surface area contributed by atoms with Crippen molar-refractivity contribution < 1.29 is 0 Å². The highest BCUT2D eigenvalue weighted by atomic mass is 32.1. The number of hydrogen-bond donors (Lipinski definition) is 1. The van der Waals surface area contributed by atoms with Gasteiger partial charge in [-0.1, -0.05) is 18.3 Å². The van der Waals surface area contributed by atoms with E-state index in [-0.39, 0.29) is 0 Å². The Morgan fingerprint density at radius 3 is 2.78 bits per heavy atom. The largest absolute Gasteiger partial charge is 0.289 e. The lowest BCUT2D eigenvalue weighted by atomic mass is 10.3. The topological polar surface area (TPSA) is 51.4 Å². The van der Waals surface area contributed by atoms with E-state index in [2.05, 4.69) is 15.2 Å². The fourth-order valence-corrected chi connectivity index (χ4v) is 2.08. The van der Waals surface area contributed by atoms with Gasteiger partial charge in [0.05, 0.1) is 11.4 Å². The van der Waals surface area contributed by atoms with Gasteiger partial charge >= 0.3 is 0 Å². The molecule has 0 unspecified atom stereocenters. The van der Waals surface area contributed by atoms with Gasteiger partial charge in [-0.3, -0.25) is 9.78 Å². The quantitative estimate of drug-likeness (QED) is 0.717. The number of H-pyrrole nitrogens is 1. The number of aryl methyl sites for hydroxylation is 1. The lowest BCUT2D eigenvalue weighted by Gasteiger charge is -2.01. The smallest absolute Gasteiger partial charge is 0.152 e. The summed E-state index contributed by atoms with van der Waals surface area (Å²) in [5.74, 6) is 0.774. The SMILES string of the molecule is Cn1nccc1-c1cc(=S)n(-c2ccccn2)[nH]1. The number of rotatable bonds is 2. The summed E-state index contributed by atoms with van der Waals surface area (Å²) in [5, 5.41) is 7.37. The molecule has 3 heterocycles. The minimum absolute atomic E-state index is 0.685. The van der Waals surface area contributed by atoms with Crippen molar-refractivity contribution in [3.63, 3.8) is 0 Å². The van der Waals surface area contributed by atoms with Crippen molar-refractivity contribution in [1.29, 1.82) is 0 Å². The van der Waals surface area contributed by atoms with Crippen LogP contribution in [0.1, 0.15) is 0 Å². The molecule has 3 rings (SSSR count). The molecule has 3 aromatic heterocycles. The molecule has 0 aromatic carbocycles. The van der Waals surface area contributed by atoms with Gasteiger partial charge in [-0.25, -0.2) is 9.67 Å². The van der Waals surface area contributed by atoms with Crippen LogP contribution in [0.25, 0.3) is 17.2 Å². The summed E-state index contributed by atoms with van der Waals surface area (Å²) in [6, 6.07) is 9.54. The number of nitrogens with zero attached hydrogens (tertiary/aromatic N) is 4. The monoisotopic (exact) mass is 257 g/mol. The van der Waals surface area contributed by atoms with Gasteiger partial charge in [0.1, 0.15) is 4.64 Å². The molecule has 18 heavy (non-hydrogen) atoms.